The largest absolute Gasteiger partial charge is 0.453 e. The first-order valence-corrected chi connectivity index (χ1v) is 13.4. The summed E-state index contributed by atoms with van der Waals surface area (Å²) in [6.45, 7) is 3.99. The predicted octanol–water partition coefficient (Wildman–Crippen LogP) is 5.82. The summed E-state index contributed by atoms with van der Waals surface area (Å²) in [5.74, 6) is -0.692. The number of sulfonamides is 1. The number of aromatic nitrogens is 1. The van der Waals surface area contributed by atoms with Crippen LogP contribution in [0.1, 0.15) is 34.5 Å². The molecule has 0 fully saturated rings. The molecule has 0 spiro atoms. The van der Waals surface area contributed by atoms with Gasteiger partial charge in [-0.2, -0.15) is 0 Å². The Balaban J connectivity index is 1.59. The third-order valence-corrected chi connectivity index (χ3v) is 6.56. The number of para-hydroxylation sites is 1. The Morgan fingerprint density at radius 2 is 1.69 bits per heavy atom. The van der Waals surface area contributed by atoms with Crippen LogP contribution in [0.2, 0.25) is 0 Å². The van der Waals surface area contributed by atoms with Gasteiger partial charge in [0.15, 0.2) is 5.58 Å². The highest BCUT2D eigenvalue weighted by Gasteiger charge is 2.21. The van der Waals surface area contributed by atoms with Crippen molar-refractivity contribution in [2.45, 2.75) is 19.9 Å². The number of amides is 1. The van der Waals surface area contributed by atoms with Crippen molar-refractivity contribution in [3.8, 4) is 11.1 Å². The second kappa shape index (κ2) is 9.13. The third kappa shape index (κ3) is 4.55. The molecule has 0 aliphatic rings. The van der Waals surface area contributed by atoms with Crippen LogP contribution in [0.25, 0.3) is 33.2 Å². The van der Waals surface area contributed by atoms with Crippen molar-refractivity contribution in [1.82, 2.24) is 9.71 Å². The van der Waals surface area contributed by atoms with Gasteiger partial charge in [-0.3, -0.25) is 9.78 Å². The Morgan fingerprint density at radius 3 is 2.44 bits per heavy atom. The van der Waals surface area contributed by atoms with Gasteiger partial charge in [-0.1, -0.05) is 48.5 Å². The minimum Gasteiger partial charge on any atom is -0.453 e. The lowest BCUT2D eigenvalue weighted by molar-refractivity contribution is 0.0982. The summed E-state index contributed by atoms with van der Waals surface area (Å²) >= 11 is 0. The molecule has 0 aliphatic carbocycles. The lowest BCUT2D eigenvalue weighted by atomic mass is 10.0. The van der Waals surface area contributed by atoms with Gasteiger partial charge < -0.3 is 9.73 Å². The molecule has 2 N–H and O–H groups in total. The molecular weight excluding hydrogens is 474 g/mol. The van der Waals surface area contributed by atoms with E-state index < -0.39 is 15.9 Å². The van der Waals surface area contributed by atoms with E-state index >= 15 is 0 Å². The van der Waals surface area contributed by atoms with Crippen LogP contribution in [-0.2, 0) is 10.0 Å². The molecule has 0 radical (unpaired) electrons. The van der Waals surface area contributed by atoms with Gasteiger partial charge in [0.2, 0.25) is 10.0 Å². The summed E-state index contributed by atoms with van der Waals surface area (Å²) in [6.07, 6.45) is 2.74. The summed E-state index contributed by atoms with van der Waals surface area (Å²) in [7, 11) is -3.69. The van der Waals surface area contributed by atoms with E-state index in [1.807, 2.05) is 61.0 Å². The number of hydrogen-bond donors (Lipinski definition) is 2. The van der Waals surface area contributed by atoms with Gasteiger partial charge in [-0.15, -0.1) is 0 Å². The van der Waals surface area contributed by atoms with Crippen LogP contribution in [0.15, 0.2) is 83.4 Å². The summed E-state index contributed by atoms with van der Waals surface area (Å²) in [4.78, 5) is 17.2. The number of carbonyl (C=O) groups is 1. The van der Waals surface area contributed by atoms with Crippen molar-refractivity contribution in [2.24, 2.45) is 0 Å². The van der Waals surface area contributed by atoms with Crippen LogP contribution < -0.4 is 10.0 Å². The minimum absolute atomic E-state index is 0.233. The molecular formula is C28H25N3O4S. The summed E-state index contributed by atoms with van der Waals surface area (Å²) in [5.41, 5.74) is 6.91. The molecule has 1 atom stereocenters. The first kappa shape index (κ1) is 23.6. The van der Waals surface area contributed by atoms with Crippen molar-refractivity contribution in [3.05, 3.63) is 95.7 Å². The first-order chi connectivity index (χ1) is 17.2. The van der Waals surface area contributed by atoms with E-state index in [1.165, 1.54) is 0 Å². The maximum Gasteiger partial charge on any atom is 0.266 e. The number of carbonyl (C=O) groups excluding carboxylic acids is 1. The number of furan rings is 1. The van der Waals surface area contributed by atoms with Crippen LogP contribution in [0.4, 0.5) is 5.69 Å². The fourth-order valence-electron chi connectivity index (χ4n) is 4.44. The summed E-state index contributed by atoms with van der Waals surface area (Å²) in [6, 6.07) is 22.6. The number of benzene rings is 3. The number of nitrogens with zero attached hydrogens (tertiary/aromatic N) is 1. The molecule has 8 heteroatoms. The predicted molar refractivity (Wildman–Crippen MR) is 142 cm³/mol. The first-order valence-electron chi connectivity index (χ1n) is 11.5. The van der Waals surface area contributed by atoms with Crippen molar-refractivity contribution in [1.29, 1.82) is 0 Å². The highest BCUT2D eigenvalue weighted by atomic mass is 32.2. The van der Waals surface area contributed by atoms with Crippen LogP contribution in [0.5, 0.6) is 0 Å². The van der Waals surface area contributed by atoms with Crippen molar-refractivity contribution < 1.29 is 17.6 Å². The Hall–Kier alpha value is -4.17. The smallest absolute Gasteiger partial charge is 0.266 e. The van der Waals surface area contributed by atoms with E-state index in [0.717, 1.165) is 39.4 Å². The lowest BCUT2D eigenvalue weighted by Gasteiger charge is -2.19. The SMILES string of the molecule is Cc1cc([C@@H](C)Nc2ccccc2C(=O)NS(C)(=O)=O)c2oc3c(-c4ccccc4)ccnc3c2c1. The number of hydrogen-bond acceptors (Lipinski definition) is 6. The number of pyridine rings is 1. The second-order valence-electron chi connectivity index (χ2n) is 8.85. The van der Waals surface area contributed by atoms with Gasteiger partial charge >= 0.3 is 0 Å². The number of aryl methyl sites for hydroxylation is 1. The molecule has 0 bridgehead atoms. The summed E-state index contributed by atoms with van der Waals surface area (Å²) < 4.78 is 31.7. The van der Waals surface area contributed by atoms with Crippen molar-refractivity contribution in [2.75, 3.05) is 11.6 Å². The fourth-order valence-corrected chi connectivity index (χ4v) is 4.89. The molecule has 2 heterocycles. The van der Waals surface area contributed by atoms with Gasteiger partial charge in [0.25, 0.3) is 5.91 Å². The van der Waals surface area contributed by atoms with Crippen molar-refractivity contribution >= 4 is 43.7 Å². The van der Waals surface area contributed by atoms with E-state index in [9.17, 15) is 13.2 Å². The Kier molecular flexibility index (Phi) is 5.97. The second-order valence-corrected chi connectivity index (χ2v) is 10.6. The highest BCUT2D eigenvalue weighted by Crippen LogP contribution is 2.38. The zero-order chi connectivity index (χ0) is 25.4. The molecule has 5 aromatic rings. The van der Waals surface area contributed by atoms with E-state index in [2.05, 4.69) is 16.4 Å². The quantitative estimate of drug-likeness (QED) is 0.305. The summed E-state index contributed by atoms with van der Waals surface area (Å²) in [5, 5.41) is 4.28. The van der Waals surface area contributed by atoms with E-state index in [4.69, 9.17) is 4.42 Å². The molecule has 2 aromatic heterocycles. The molecule has 7 nitrogen and oxygen atoms in total. The molecule has 3 aromatic carbocycles. The van der Waals surface area contributed by atoms with Gasteiger partial charge in [-0.05, 0) is 49.2 Å². The molecule has 0 saturated heterocycles. The molecule has 0 saturated carbocycles. The van der Waals surface area contributed by atoms with Crippen LogP contribution >= 0.6 is 0 Å². The van der Waals surface area contributed by atoms with Gasteiger partial charge in [-0.25, -0.2) is 13.1 Å². The topological polar surface area (TPSA) is 101 Å². The molecule has 0 unspecified atom stereocenters. The molecule has 182 valence electrons. The number of nitrogens with one attached hydrogen (secondary N) is 2. The number of rotatable bonds is 6. The van der Waals surface area contributed by atoms with Gasteiger partial charge in [0, 0.05) is 28.4 Å². The van der Waals surface area contributed by atoms with E-state index in [-0.39, 0.29) is 11.6 Å². The van der Waals surface area contributed by atoms with Crippen LogP contribution in [-0.4, -0.2) is 25.6 Å². The third-order valence-electron chi connectivity index (χ3n) is 6.00. The fraction of sp³-hybridized carbons (Fsp3) is 0.143. The zero-order valence-corrected chi connectivity index (χ0v) is 20.9. The van der Waals surface area contributed by atoms with Crippen molar-refractivity contribution in [3.63, 3.8) is 0 Å². The van der Waals surface area contributed by atoms with Crippen LogP contribution in [0, 0.1) is 6.92 Å². The maximum absolute atomic E-state index is 12.6. The average molecular weight is 500 g/mol. The highest BCUT2D eigenvalue weighted by molar-refractivity contribution is 7.89. The minimum atomic E-state index is -3.69. The maximum atomic E-state index is 12.6. The zero-order valence-electron chi connectivity index (χ0n) is 20.1. The van der Waals surface area contributed by atoms with Gasteiger partial charge in [0.05, 0.1) is 17.9 Å². The average Bonchev–Trinajstić information content (AvgIpc) is 3.22. The van der Waals surface area contributed by atoms with Crippen LogP contribution in [0.3, 0.4) is 0 Å². The Labute approximate surface area is 209 Å². The monoisotopic (exact) mass is 499 g/mol. The molecule has 36 heavy (non-hydrogen) atoms. The lowest BCUT2D eigenvalue weighted by Crippen LogP contribution is -2.30. The van der Waals surface area contributed by atoms with E-state index in [1.54, 1.807) is 30.5 Å². The number of fused-ring (bicyclic) bond motifs is 3. The molecule has 0 aliphatic heterocycles. The Morgan fingerprint density at radius 1 is 0.972 bits per heavy atom. The van der Waals surface area contributed by atoms with E-state index in [0.29, 0.717) is 16.9 Å². The number of anilines is 1. The standard InChI is InChI=1S/C28H25N3O4S/c1-17-15-22(18(2)30-24-12-8-7-11-21(24)28(32)31-36(3,33)34)26-23(16-17)25-27(35-26)20(13-14-29-25)19-9-5-4-6-10-19/h4-16,18,30H,1-3H3,(H,31,32)/t18-/m1/s1. The normalized spacial score (nSPS) is 12.5. The molecule has 5 rings (SSSR count). The van der Waals surface area contributed by atoms with Gasteiger partial charge in [0.1, 0.15) is 11.1 Å². The molecule has 1 amide bonds. The Bertz CT molecular complexity index is 1710.